The highest BCUT2D eigenvalue weighted by Gasteiger charge is 2.27. The Bertz CT molecular complexity index is 883. The summed E-state index contributed by atoms with van der Waals surface area (Å²) in [6, 6.07) is 10.3. The van der Waals surface area contributed by atoms with Crippen LogP contribution in [0.1, 0.15) is 32.3 Å². The van der Waals surface area contributed by atoms with Gasteiger partial charge in [-0.15, -0.1) is 0 Å². The highest BCUT2D eigenvalue weighted by Crippen LogP contribution is 2.27. The topological polar surface area (TPSA) is 77.1 Å². The lowest BCUT2D eigenvalue weighted by molar-refractivity contribution is -0.142. The zero-order valence-corrected chi connectivity index (χ0v) is 19.0. The van der Waals surface area contributed by atoms with E-state index in [2.05, 4.69) is 5.32 Å². The quantitative estimate of drug-likeness (QED) is 0.505. The van der Waals surface area contributed by atoms with E-state index in [-0.39, 0.29) is 19.1 Å². The minimum Gasteiger partial charge on any atom is -0.496 e. The molecule has 7 nitrogen and oxygen atoms in total. The van der Waals surface area contributed by atoms with Crippen LogP contribution in [0, 0.1) is 5.82 Å². The van der Waals surface area contributed by atoms with Crippen LogP contribution in [0.15, 0.2) is 42.5 Å². The van der Waals surface area contributed by atoms with Crippen molar-refractivity contribution >= 4 is 11.8 Å². The van der Waals surface area contributed by atoms with Crippen LogP contribution in [0.4, 0.5) is 4.39 Å². The lowest BCUT2D eigenvalue weighted by Crippen LogP contribution is -2.49. The van der Waals surface area contributed by atoms with Crippen LogP contribution in [0.3, 0.4) is 0 Å². The molecule has 2 aromatic carbocycles. The molecule has 0 aliphatic rings. The Kier molecular flexibility index (Phi) is 9.78. The molecule has 0 bridgehead atoms. The highest BCUT2D eigenvalue weighted by molar-refractivity contribution is 5.88. The summed E-state index contributed by atoms with van der Waals surface area (Å²) in [6.45, 7) is 3.76. The number of benzene rings is 2. The predicted molar refractivity (Wildman–Crippen MR) is 119 cm³/mol. The maximum absolute atomic E-state index is 14.2. The van der Waals surface area contributed by atoms with Crippen molar-refractivity contribution in [3.05, 3.63) is 53.8 Å². The van der Waals surface area contributed by atoms with Gasteiger partial charge in [0.25, 0.3) is 5.91 Å². The largest absolute Gasteiger partial charge is 0.496 e. The van der Waals surface area contributed by atoms with Gasteiger partial charge in [0.15, 0.2) is 6.61 Å². The number of methoxy groups -OCH3 is 2. The third kappa shape index (κ3) is 7.14. The van der Waals surface area contributed by atoms with Crippen molar-refractivity contribution in [2.75, 3.05) is 27.4 Å². The van der Waals surface area contributed by atoms with Crippen molar-refractivity contribution in [2.24, 2.45) is 0 Å². The molecule has 1 N–H and O–H groups in total. The molecule has 0 aromatic heterocycles. The molecule has 0 radical (unpaired) electrons. The molecule has 0 fully saturated rings. The first kappa shape index (κ1) is 25.0. The number of halogens is 1. The minimum atomic E-state index is -0.803. The fourth-order valence-corrected chi connectivity index (χ4v) is 3.02. The van der Waals surface area contributed by atoms with E-state index in [1.165, 1.54) is 25.2 Å². The summed E-state index contributed by atoms with van der Waals surface area (Å²) in [4.78, 5) is 27.0. The molecule has 0 saturated heterocycles. The predicted octanol–water partition coefficient (Wildman–Crippen LogP) is 3.56. The monoisotopic (exact) mass is 446 g/mol. The van der Waals surface area contributed by atoms with E-state index in [1.807, 2.05) is 6.92 Å². The van der Waals surface area contributed by atoms with Crippen molar-refractivity contribution in [1.82, 2.24) is 10.2 Å². The number of nitrogens with one attached hydrogen (secondary N) is 1. The third-order valence-electron chi connectivity index (χ3n) is 4.98. The van der Waals surface area contributed by atoms with E-state index in [0.29, 0.717) is 29.4 Å². The SMILES string of the molecule is CCCCNC(=O)C(C)N(Cc1ccccc1F)C(=O)COc1cc(OC)cc(OC)c1. The molecular weight excluding hydrogens is 415 g/mol. The fourth-order valence-electron chi connectivity index (χ4n) is 3.02. The normalized spacial score (nSPS) is 11.4. The molecule has 0 saturated carbocycles. The molecule has 0 spiro atoms. The Morgan fingerprint density at radius 3 is 2.28 bits per heavy atom. The van der Waals surface area contributed by atoms with Crippen molar-refractivity contribution < 1.29 is 28.2 Å². The molecule has 32 heavy (non-hydrogen) atoms. The third-order valence-corrected chi connectivity index (χ3v) is 4.98. The Morgan fingerprint density at radius 2 is 1.69 bits per heavy atom. The first-order valence-electron chi connectivity index (χ1n) is 10.6. The minimum absolute atomic E-state index is 0.0569. The van der Waals surface area contributed by atoms with Crippen LogP contribution in [-0.2, 0) is 16.1 Å². The number of hydrogen-bond donors (Lipinski definition) is 1. The van der Waals surface area contributed by atoms with Crippen molar-refractivity contribution in [2.45, 2.75) is 39.3 Å². The summed E-state index contributed by atoms with van der Waals surface area (Å²) in [5, 5.41) is 2.82. The Balaban J connectivity index is 2.17. The summed E-state index contributed by atoms with van der Waals surface area (Å²) < 4.78 is 30.3. The lowest BCUT2D eigenvalue weighted by atomic mass is 10.1. The maximum atomic E-state index is 14.2. The fraction of sp³-hybridized carbons (Fsp3) is 0.417. The molecule has 8 heteroatoms. The molecule has 1 unspecified atom stereocenters. The van der Waals surface area contributed by atoms with Gasteiger partial charge in [-0.05, 0) is 19.4 Å². The molecular formula is C24H31FN2O5. The summed E-state index contributed by atoms with van der Waals surface area (Å²) >= 11 is 0. The smallest absolute Gasteiger partial charge is 0.261 e. The average Bonchev–Trinajstić information content (AvgIpc) is 2.81. The molecule has 0 aliphatic carbocycles. The van der Waals surface area contributed by atoms with Gasteiger partial charge in [-0.25, -0.2) is 4.39 Å². The zero-order chi connectivity index (χ0) is 23.5. The first-order chi connectivity index (χ1) is 15.4. The highest BCUT2D eigenvalue weighted by atomic mass is 19.1. The van der Waals surface area contributed by atoms with Crippen LogP contribution in [0.5, 0.6) is 17.2 Å². The first-order valence-corrected chi connectivity index (χ1v) is 10.6. The molecule has 0 heterocycles. The Labute approximate surface area is 188 Å². The maximum Gasteiger partial charge on any atom is 0.261 e. The second kappa shape index (κ2) is 12.5. The van der Waals surface area contributed by atoms with E-state index in [4.69, 9.17) is 14.2 Å². The summed E-state index contributed by atoms with van der Waals surface area (Å²) in [5.41, 5.74) is 0.317. The van der Waals surface area contributed by atoms with Gasteiger partial charge in [0.2, 0.25) is 5.91 Å². The Hall–Kier alpha value is -3.29. The van der Waals surface area contributed by atoms with Crippen LogP contribution >= 0.6 is 0 Å². The number of nitrogens with zero attached hydrogens (tertiary/aromatic N) is 1. The van der Waals surface area contributed by atoms with Crippen molar-refractivity contribution in [1.29, 1.82) is 0 Å². The van der Waals surface area contributed by atoms with E-state index < -0.39 is 17.8 Å². The molecule has 0 aliphatic heterocycles. The van der Waals surface area contributed by atoms with Crippen LogP contribution in [-0.4, -0.2) is 50.1 Å². The van der Waals surface area contributed by atoms with Crippen LogP contribution in [0.25, 0.3) is 0 Å². The summed E-state index contributed by atoms with van der Waals surface area (Å²) in [6.07, 6.45) is 1.77. The lowest BCUT2D eigenvalue weighted by Gasteiger charge is -2.29. The number of carbonyl (C=O) groups is 2. The number of hydrogen-bond acceptors (Lipinski definition) is 5. The molecule has 174 valence electrons. The Morgan fingerprint density at radius 1 is 1.06 bits per heavy atom. The molecule has 2 amide bonds. The van der Waals surface area contributed by atoms with E-state index in [9.17, 15) is 14.0 Å². The van der Waals surface area contributed by atoms with Crippen molar-refractivity contribution in [3.8, 4) is 17.2 Å². The molecule has 2 aromatic rings. The summed E-state index contributed by atoms with van der Waals surface area (Å²) in [5.74, 6) is 0.208. The molecule has 1 atom stereocenters. The number of rotatable bonds is 12. The van der Waals surface area contributed by atoms with Crippen LogP contribution < -0.4 is 19.5 Å². The van der Waals surface area contributed by atoms with Gasteiger partial charge in [0.05, 0.1) is 14.2 Å². The van der Waals surface area contributed by atoms with Gasteiger partial charge in [0.1, 0.15) is 29.1 Å². The number of carbonyl (C=O) groups excluding carboxylic acids is 2. The van der Waals surface area contributed by atoms with E-state index in [1.54, 1.807) is 43.3 Å². The molecule has 2 rings (SSSR count). The second-order valence-electron chi connectivity index (χ2n) is 7.27. The number of ether oxygens (including phenoxy) is 3. The standard InChI is InChI=1S/C24H31FN2O5/c1-5-6-11-26-24(29)17(2)27(15-18-9-7-8-10-22(18)25)23(28)16-32-21-13-19(30-3)12-20(14-21)31-4/h7-10,12-14,17H,5-6,11,15-16H2,1-4H3,(H,26,29). The van der Waals surface area contributed by atoms with E-state index in [0.717, 1.165) is 12.8 Å². The van der Waals surface area contributed by atoms with Crippen LogP contribution in [0.2, 0.25) is 0 Å². The summed E-state index contributed by atoms with van der Waals surface area (Å²) in [7, 11) is 3.03. The van der Waals surface area contributed by atoms with Crippen molar-refractivity contribution in [3.63, 3.8) is 0 Å². The van der Waals surface area contributed by atoms with Gasteiger partial charge in [-0.2, -0.15) is 0 Å². The number of amides is 2. The van der Waals surface area contributed by atoms with Gasteiger partial charge in [-0.1, -0.05) is 31.5 Å². The van der Waals surface area contributed by atoms with Gasteiger partial charge in [0, 0.05) is 36.9 Å². The average molecular weight is 447 g/mol. The number of unbranched alkanes of at least 4 members (excludes halogenated alkanes) is 1. The van der Waals surface area contributed by atoms with Gasteiger partial charge < -0.3 is 24.4 Å². The second-order valence-corrected chi connectivity index (χ2v) is 7.27. The zero-order valence-electron chi connectivity index (χ0n) is 19.0. The van der Waals surface area contributed by atoms with Gasteiger partial charge in [-0.3, -0.25) is 9.59 Å². The van der Waals surface area contributed by atoms with Gasteiger partial charge >= 0.3 is 0 Å². The van der Waals surface area contributed by atoms with E-state index >= 15 is 0 Å².